The van der Waals surface area contributed by atoms with Crippen LogP contribution in [0.2, 0.25) is 0 Å². The van der Waals surface area contributed by atoms with Gasteiger partial charge in [0.1, 0.15) is 0 Å². The van der Waals surface area contributed by atoms with Gasteiger partial charge in [0.2, 0.25) is 5.91 Å². The smallest absolute Gasteiger partial charge is 0.236 e. The highest BCUT2D eigenvalue weighted by Gasteiger charge is 2.24. The molecule has 2 aliphatic rings. The lowest BCUT2D eigenvalue weighted by Gasteiger charge is -2.30. The highest BCUT2D eigenvalue weighted by Crippen LogP contribution is 2.15. The molecule has 1 unspecified atom stereocenters. The van der Waals surface area contributed by atoms with Gasteiger partial charge in [-0.25, -0.2) is 0 Å². The van der Waals surface area contributed by atoms with Crippen LogP contribution in [0.15, 0.2) is 0 Å². The van der Waals surface area contributed by atoms with Crippen molar-refractivity contribution >= 4 is 5.91 Å². The van der Waals surface area contributed by atoms with Gasteiger partial charge in [0.05, 0.1) is 6.54 Å². The van der Waals surface area contributed by atoms with E-state index < -0.39 is 0 Å². The van der Waals surface area contributed by atoms with Crippen molar-refractivity contribution in [3.05, 3.63) is 0 Å². The van der Waals surface area contributed by atoms with Gasteiger partial charge in [-0.05, 0) is 33.5 Å². The third-order valence-corrected chi connectivity index (χ3v) is 4.07. The highest BCUT2D eigenvalue weighted by molar-refractivity contribution is 5.78. The summed E-state index contributed by atoms with van der Waals surface area (Å²) >= 11 is 0. The molecule has 104 valence electrons. The quantitative estimate of drug-likeness (QED) is 0.730. The number of likely N-dealkylation sites (N-methyl/N-ethyl adjacent to an activating group) is 2. The molecule has 2 rings (SSSR count). The lowest BCUT2D eigenvalue weighted by molar-refractivity contribution is -0.132. The monoisotopic (exact) mass is 254 g/mol. The normalized spacial score (nSPS) is 25.9. The fourth-order valence-corrected chi connectivity index (χ4v) is 2.88. The van der Waals surface area contributed by atoms with E-state index in [0.29, 0.717) is 12.6 Å². The number of carbonyl (C=O) groups is 1. The molecule has 1 amide bonds. The maximum atomic E-state index is 12.1. The Hall–Kier alpha value is -0.650. The number of likely N-dealkylation sites (tertiary alicyclic amines) is 1. The van der Waals surface area contributed by atoms with Gasteiger partial charge in [-0.3, -0.25) is 9.69 Å². The van der Waals surface area contributed by atoms with Gasteiger partial charge in [-0.2, -0.15) is 0 Å². The van der Waals surface area contributed by atoms with Crippen LogP contribution in [0, 0.1) is 0 Å². The zero-order valence-corrected chi connectivity index (χ0v) is 11.7. The molecule has 5 nitrogen and oxygen atoms in total. The molecule has 1 N–H and O–H groups in total. The first-order valence-electron chi connectivity index (χ1n) is 7.04. The third-order valence-electron chi connectivity index (χ3n) is 4.07. The molecule has 2 aliphatic heterocycles. The second-order valence-corrected chi connectivity index (χ2v) is 5.60. The standard InChI is InChI=1S/C13H26N4O/c1-15(10-12-4-3-7-16(12)2)11-13(18)17-8-5-14-6-9-17/h12,14H,3-11H2,1-2H3. The minimum Gasteiger partial charge on any atom is -0.339 e. The van der Waals surface area contributed by atoms with Gasteiger partial charge >= 0.3 is 0 Å². The van der Waals surface area contributed by atoms with Crippen molar-refractivity contribution in [2.75, 3.05) is 59.9 Å². The summed E-state index contributed by atoms with van der Waals surface area (Å²) in [7, 11) is 4.25. The fourth-order valence-electron chi connectivity index (χ4n) is 2.88. The average molecular weight is 254 g/mol. The van der Waals surface area contributed by atoms with E-state index in [0.717, 1.165) is 32.7 Å². The number of piperazine rings is 1. The first kappa shape index (κ1) is 13.8. The summed E-state index contributed by atoms with van der Waals surface area (Å²) in [5.74, 6) is 0.277. The molecule has 1 atom stereocenters. The zero-order chi connectivity index (χ0) is 13.0. The molecule has 0 aromatic heterocycles. The Morgan fingerprint density at radius 2 is 2.06 bits per heavy atom. The van der Waals surface area contributed by atoms with E-state index in [4.69, 9.17) is 0 Å². The first-order chi connectivity index (χ1) is 8.66. The Bertz CT molecular complexity index is 278. The number of hydrogen-bond acceptors (Lipinski definition) is 4. The minimum absolute atomic E-state index is 0.277. The van der Waals surface area contributed by atoms with Crippen LogP contribution in [0.1, 0.15) is 12.8 Å². The van der Waals surface area contributed by atoms with Crippen LogP contribution in [-0.2, 0) is 4.79 Å². The molecule has 0 bridgehead atoms. The predicted octanol–water partition coefficient (Wildman–Crippen LogP) is -0.556. The van der Waals surface area contributed by atoms with E-state index in [1.54, 1.807) is 0 Å². The number of carbonyl (C=O) groups excluding carboxylic acids is 1. The number of nitrogens with zero attached hydrogens (tertiary/aromatic N) is 3. The summed E-state index contributed by atoms with van der Waals surface area (Å²) in [5.41, 5.74) is 0. The molecule has 0 aromatic carbocycles. The number of amides is 1. The van der Waals surface area contributed by atoms with Crippen molar-refractivity contribution in [1.82, 2.24) is 20.0 Å². The van der Waals surface area contributed by atoms with Crippen LogP contribution in [0.4, 0.5) is 0 Å². The zero-order valence-electron chi connectivity index (χ0n) is 11.7. The highest BCUT2D eigenvalue weighted by atomic mass is 16.2. The van der Waals surface area contributed by atoms with Gasteiger partial charge in [0.15, 0.2) is 0 Å². The molecule has 0 spiro atoms. The van der Waals surface area contributed by atoms with Crippen molar-refractivity contribution in [2.24, 2.45) is 0 Å². The molecule has 0 aliphatic carbocycles. The molecular weight excluding hydrogens is 228 g/mol. The van der Waals surface area contributed by atoms with Gasteiger partial charge in [-0.1, -0.05) is 0 Å². The second kappa shape index (κ2) is 6.50. The molecule has 0 radical (unpaired) electrons. The SMILES string of the molecule is CN(CC(=O)N1CCNCC1)CC1CCCN1C. The van der Waals surface area contributed by atoms with Crippen molar-refractivity contribution in [1.29, 1.82) is 0 Å². The maximum Gasteiger partial charge on any atom is 0.236 e. The Morgan fingerprint density at radius 1 is 1.33 bits per heavy atom. The van der Waals surface area contributed by atoms with E-state index in [9.17, 15) is 4.79 Å². The molecule has 0 saturated carbocycles. The predicted molar refractivity (Wildman–Crippen MR) is 72.6 cm³/mol. The summed E-state index contributed by atoms with van der Waals surface area (Å²) < 4.78 is 0. The Labute approximate surface area is 110 Å². The van der Waals surface area contributed by atoms with Crippen LogP contribution in [0.5, 0.6) is 0 Å². The lowest BCUT2D eigenvalue weighted by Crippen LogP contribution is -2.50. The minimum atomic E-state index is 0.277. The van der Waals surface area contributed by atoms with Crippen molar-refractivity contribution < 1.29 is 4.79 Å². The van der Waals surface area contributed by atoms with E-state index in [-0.39, 0.29) is 5.91 Å². The molecule has 18 heavy (non-hydrogen) atoms. The van der Waals surface area contributed by atoms with Crippen LogP contribution >= 0.6 is 0 Å². The summed E-state index contributed by atoms with van der Waals surface area (Å²) in [6.07, 6.45) is 2.56. The molecule has 2 heterocycles. The number of rotatable bonds is 4. The lowest BCUT2D eigenvalue weighted by atomic mass is 10.2. The fraction of sp³-hybridized carbons (Fsp3) is 0.923. The molecule has 2 saturated heterocycles. The summed E-state index contributed by atoms with van der Waals surface area (Å²) in [5, 5.41) is 3.27. The Kier molecular flexibility index (Phi) is 4.97. The molecule has 2 fully saturated rings. The summed E-state index contributed by atoms with van der Waals surface area (Å²) in [6.45, 7) is 6.34. The average Bonchev–Trinajstić information content (AvgIpc) is 2.76. The van der Waals surface area contributed by atoms with Crippen LogP contribution in [-0.4, -0.2) is 86.6 Å². The largest absolute Gasteiger partial charge is 0.339 e. The maximum absolute atomic E-state index is 12.1. The molecule has 5 heteroatoms. The summed E-state index contributed by atoms with van der Waals surface area (Å²) in [4.78, 5) is 18.7. The van der Waals surface area contributed by atoms with Gasteiger partial charge in [0.25, 0.3) is 0 Å². The van der Waals surface area contributed by atoms with E-state index >= 15 is 0 Å². The number of hydrogen-bond donors (Lipinski definition) is 1. The van der Waals surface area contributed by atoms with Crippen molar-refractivity contribution in [2.45, 2.75) is 18.9 Å². The van der Waals surface area contributed by atoms with Crippen LogP contribution < -0.4 is 5.32 Å². The van der Waals surface area contributed by atoms with Gasteiger partial charge < -0.3 is 15.1 Å². The van der Waals surface area contributed by atoms with Gasteiger partial charge in [0, 0.05) is 38.8 Å². The first-order valence-corrected chi connectivity index (χ1v) is 7.04. The van der Waals surface area contributed by atoms with E-state index in [2.05, 4.69) is 29.2 Å². The third kappa shape index (κ3) is 3.67. The van der Waals surface area contributed by atoms with E-state index in [1.165, 1.54) is 19.4 Å². The van der Waals surface area contributed by atoms with Crippen LogP contribution in [0.25, 0.3) is 0 Å². The van der Waals surface area contributed by atoms with Crippen molar-refractivity contribution in [3.63, 3.8) is 0 Å². The molecule has 0 aromatic rings. The topological polar surface area (TPSA) is 38.8 Å². The Balaban J connectivity index is 1.72. The number of nitrogens with one attached hydrogen (secondary N) is 1. The van der Waals surface area contributed by atoms with Crippen LogP contribution in [0.3, 0.4) is 0 Å². The Morgan fingerprint density at radius 3 is 2.67 bits per heavy atom. The molecular formula is C13H26N4O. The van der Waals surface area contributed by atoms with Gasteiger partial charge in [-0.15, -0.1) is 0 Å². The van der Waals surface area contributed by atoms with E-state index in [1.807, 2.05) is 4.90 Å². The second-order valence-electron chi connectivity index (χ2n) is 5.60. The summed E-state index contributed by atoms with van der Waals surface area (Å²) in [6, 6.07) is 0.630. The van der Waals surface area contributed by atoms with Crippen molar-refractivity contribution in [3.8, 4) is 0 Å².